The van der Waals surface area contributed by atoms with Gasteiger partial charge >= 0.3 is 0 Å². The first kappa shape index (κ1) is 11.4. The molecule has 0 radical (unpaired) electrons. The Balaban J connectivity index is 1.94. The second-order valence-corrected chi connectivity index (χ2v) is 6.35. The maximum Gasteiger partial charge on any atom is 0.262 e. The van der Waals surface area contributed by atoms with Crippen LogP contribution in [0.15, 0.2) is 29.3 Å². The van der Waals surface area contributed by atoms with Crippen LogP contribution in [0.4, 0.5) is 10.7 Å². The zero-order chi connectivity index (χ0) is 12.6. The second kappa shape index (κ2) is 4.21. The van der Waals surface area contributed by atoms with E-state index in [1.807, 2.05) is 6.07 Å². The maximum absolute atomic E-state index is 12.1. The fourth-order valence-corrected chi connectivity index (χ4v) is 3.55. The van der Waals surface area contributed by atoms with Crippen molar-refractivity contribution in [3.8, 4) is 0 Å². The van der Waals surface area contributed by atoms with Crippen LogP contribution in [0.3, 0.4) is 0 Å². The smallest absolute Gasteiger partial charge is 0.262 e. The monoisotopic (exact) mass is 282 g/mol. The Bertz CT molecular complexity index is 667. The molecule has 94 valence electrons. The van der Waals surface area contributed by atoms with Crippen LogP contribution >= 0.6 is 11.5 Å². The van der Waals surface area contributed by atoms with Gasteiger partial charge in [-0.2, -0.15) is 0 Å². The lowest BCUT2D eigenvalue weighted by Crippen LogP contribution is -2.12. The number of hydrogen-bond donors (Lipinski definition) is 2. The van der Waals surface area contributed by atoms with E-state index in [1.165, 1.54) is 6.20 Å². The van der Waals surface area contributed by atoms with Gasteiger partial charge in [-0.25, -0.2) is 8.42 Å². The number of rotatable bonds is 3. The number of aromatic nitrogens is 2. The number of hydrogen-bond acceptors (Lipinski definition) is 6. The summed E-state index contributed by atoms with van der Waals surface area (Å²) in [6, 6.07) is 5.11. The zero-order valence-corrected chi connectivity index (χ0v) is 10.9. The predicted molar refractivity (Wildman–Crippen MR) is 69.4 cm³/mol. The molecule has 0 aliphatic carbocycles. The molecule has 0 saturated heterocycles. The number of nitrogens with zero attached hydrogens (tertiary/aromatic N) is 2. The van der Waals surface area contributed by atoms with Crippen molar-refractivity contribution in [3.05, 3.63) is 30.0 Å². The quantitative estimate of drug-likeness (QED) is 0.886. The summed E-state index contributed by atoms with van der Waals surface area (Å²) in [6.45, 7) is 0.852. The van der Waals surface area contributed by atoms with E-state index < -0.39 is 10.0 Å². The average Bonchev–Trinajstić information content (AvgIpc) is 2.97. The van der Waals surface area contributed by atoms with Crippen molar-refractivity contribution < 1.29 is 8.42 Å². The lowest BCUT2D eigenvalue weighted by Gasteiger charge is -2.07. The van der Waals surface area contributed by atoms with E-state index in [9.17, 15) is 8.42 Å². The molecule has 0 saturated carbocycles. The van der Waals surface area contributed by atoms with Crippen molar-refractivity contribution in [2.24, 2.45) is 0 Å². The van der Waals surface area contributed by atoms with Gasteiger partial charge in [0.1, 0.15) is 5.00 Å². The predicted octanol–water partition coefficient (Wildman–Crippen LogP) is 1.31. The van der Waals surface area contributed by atoms with Crippen molar-refractivity contribution in [1.82, 2.24) is 9.59 Å². The van der Waals surface area contributed by atoms with Crippen molar-refractivity contribution in [2.45, 2.75) is 11.3 Å². The molecule has 1 aromatic heterocycles. The lowest BCUT2D eigenvalue weighted by atomic mass is 10.2. The highest BCUT2D eigenvalue weighted by Gasteiger charge is 2.18. The molecule has 0 fully saturated rings. The molecule has 1 aliphatic rings. The third-order valence-electron chi connectivity index (χ3n) is 2.70. The minimum atomic E-state index is -3.56. The molecule has 1 aliphatic heterocycles. The largest absolute Gasteiger partial charge is 0.384 e. The van der Waals surface area contributed by atoms with Crippen LogP contribution in [0.5, 0.6) is 0 Å². The SMILES string of the molecule is O=S(=O)(Nc1cnns1)c1ccc2c(c1)NCC2. The number of sulfonamides is 1. The number of fused-ring (bicyclic) bond motifs is 1. The molecule has 18 heavy (non-hydrogen) atoms. The molecular formula is C10H10N4O2S2. The molecule has 1 aromatic carbocycles. The van der Waals surface area contributed by atoms with E-state index in [2.05, 4.69) is 19.6 Å². The number of benzene rings is 1. The first-order chi connectivity index (χ1) is 8.65. The number of anilines is 2. The van der Waals surface area contributed by atoms with Gasteiger partial charge in [-0.15, -0.1) is 5.10 Å². The molecule has 2 heterocycles. The van der Waals surface area contributed by atoms with Crippen molar-refractivity contribution in [2.75, 3.05) is 16.6 Å². The molecule has 0 bridgehead atoms. The van der Waals surface area contributed by atoms with Crippen LogP contribution < -0.4 is 10.0 Å². The normalized spacial score (nSPS) is 14.0. The number of nitrogens with one attached hydrogen (secondary N) is 2. The Kier molecular flexibility index (Phi) is 2.67. The van der Waals surface area contributed by atoms with Crippen LogP contribution in [-0.4, -0.2) is 24.5 Å². The molecule has 3 rings (SSSR count). The first-order valence-corrected chi connectivity index (χ1v) is 7.58. The van der Waals surface area contributed by atoms with E-state index in [0.717, 1.165) is 35.7 Å². The highest BCUT2D eigenvalue weighted by Crippen LogP contribution is 2.26. The molecule has 6 nitrogen and oxygen atoms in total. The molecule has 0 spiro atoms. The van der Waals surface area contributed by atoms with Crippen LogP contribution in [0, 0.1) is 0 Å². The van der Waals surface area contributed by atoms with Gasteiger partial charge in [0.05, 0.1) is 11.1 Å². The summed E-state index contributed by atoms with van der Waals surface area (Å²) >= 11 is 1.00. The minimum absolute atomic E-state index is 0.240. The summed E-state index contributed by atoms with van der Waals surface area (Å²) in [5, 5.41) is 7.15. The van der Waals surface area contributed by atoms with Crippen LogP contribution in [0.2, 0.25) is 0 Å². The van der Waals surface area contributed by atoms with Gasteiger partial charge in [0, 0.05) is 23.8 Å². The molecule has 0 atom stereocenters. The van der Waals surface area contributed by atoms with E-state index in [-0.39, 0.29) is 4.90 Å². The van der Waals surface area contributed by atoms with Gasteiger partial charge in [0.2, 0.25) is 0 Å². The first-order valence-electron chi connectivity index (χ1n) is 5.32. The third-order valence-corrected chi connectivity index (χ3v) is 4.77. The van der Waals surface area contributed by atoms with Crippen LogP contribution in [-0.2, 0) is 16.4 Å². The van der Waals surface area contributed by atoms with Crippen LogP contribution in [0.25, 0.3) is 0 Å². The molecule has 0 amide bonds. The minimum Gasteiger partial charge on any atom is -0.384 e. The summed E-state index contributed by atoms with van der Waals surface area (Å²) in [6.07, 6.45) is 2.32. The maximum atomic E-state index is 12.1. The molecule has 0 unspecified atom stereocenters. The topological polar surface area (TPSA) is 84.0 Å². The summed E-state index contributed by atoms with van der Waals surface area (Å²) in [7, 11) is -3.56. The average molecular weight is 282 g/mol. The highest BCUT2D eigenvalue weighted by atomic mass is 32.2. The van der Waals surface area contributed by atoms with Gasteiger partial charge in [-0.3, -0.25) is 4.72 Å². The zero-order valence-electron chi connectivity index (χ0n) is 9.25. The Labute approximate surface area is 108 Å². The molecular weight excluding hydrogens is 272 g/mol. The highest BCUT2D eigenvalue weighted by molar-refractivity contribution is 7.93. The Morgan fingerprint density at radius 3 is 3.06 bits per heavy atom. The van der Waals surface area contributed by atoms with Gasteiger partial charge in [0.15, 0.2) is 0 Å². The van der Waals surface area contributed by atoms with E-state index >= 15 is 0 Å². The van der Waals surface area contributed by atoms with E-state index in [1.54, 1.807) is 12.1 Å². The van der Waals surface area contributed by atoms with E-state index in [4.69, 9.17) is 0 Å². The van der Waals surface area contributed by atoms with Crippen molar-refractivity contribution in [3.63, 3.8) is 0 Å². The fourth-order valence-electron chi connectivity index (χ4n) is 1.84. The van der Waals surface area contributed by atoms with E-state index in [0.29, 0.717) is 5.00 Å². The summed E-state index contributed by atoms with van der Waals surface area (Å²) in [5.74, 6) is 0. The summed E-state index contributed by atoms with van der Waals surface area (Å²) in [5.41, 5.74) is 2.04. The summed E-state index contributed by atoms with van der Waals surface area (Å²) < 4.78 is 30.3. The second-order valence-electron chi connectivity index (χ2n) is 3.88. The van der Waals surface area contributed by atoms with Gasteiger partial charge < -0.3 is 5.32 Å². The Morgan fingerprint density at radius 1 is 1.39 bits per heavy atom. The lowest BCUT2D eigenvalue weighted by molar-refractivity contribution is 0.601. The standard InChI is InChI=1S/C10H10N4O2S2/c15-18(16,13-10-6-12-14-17-10)8-2-1-7-3-4-11-9(7)5-8/h1-2,5-6,11,13H,3-4H2. The van der Waals surface area contributed by atoms with Crippen molar-refractivity contribution in [1.29, 1.82) is 0 Å². The van der Waals surface area contributed by atoms with Gasteiger partial charge in [0.25, 0.3) is 10.0 Å². The molecule has 8 heteroatoms. The van der Waals surface area contributed by atoms with Gasteiger partial charge in [-0.1, -0.05) is 10.6 Å². The fraction of sp³-hybridized carbons (Fsp3) is 0.200. The summed E-state index contributed by atoms with van der Waals surface area (Å²) in [4.78, 5) is 0.240. The van der Waals surface area contributed by atoms with Crippen LogP contribution in [0.1, 0.15) is 5.56 Å². The Morgan fingerprint density at radius 2 is 2.28 bits per heavy atom. The van der Waals surface area contributed by atoms with Gasteiger partial charge in [-0.05, 0) is 24.1 Å². The molecule has 2 N–H and O–H groups in total. The molecule has 2 aromatic rings. The van der Waals surface area contributed by atoms with Crippen molar-refractivity contribution >= 4 is 32.2 Å². The third kappa shape index (κ3) is 2.04. The Hall–Kier alpha value is -1.67.